The average molecular weight is 435 g/mol. The standard InChI is InChI=1S/C17H17Cl2FN2O4S/c1-10(17(23)21-12-5-6-14(20)13(19)9-12)22(27(3,24)25)15-8-11(18)4-7-16(15)26-2/h4-10H,1-3H3,(H,21,23)/t10-/m0/s1. The minimum atomic E-state index is -3.87. The number of rotatable bonds is 6. The van der Waals surface area contributed by atoms with Crippen molar-refractivity contribution in [2.24, 2.45) is 0 Å². The molecule has 0 radical (unpaired) electrons. The molecule has 1 amide bonds. The molecular formula is C17H17Cl2FN2O4S. The third kappa shape index (κ3) is 5.03. The van der Waals surface area contributed by atoms with E-state index in [1.807, 2.05) is 0 Å². The molecular weight excluding hydrogens is 418 g/mol. The van der Waals surface area contributed by atoms with Gasteiger partial charge >= 0.3 is 0 Å². The van der Waals surface area contributed by atoms with Gasteiger partial charge in [0.1, 0.15) is 17.6 Å². The van der Waals surface area contributed by atoms with E-state index >= 15 is 0 Å². The van der Waals surface area contributed by atoms with Crippen LogP contribution < -0.4 is 14.4 Å². The topological polar surface area (TPSA) is 75.7 Å². The lowest BCUT2D eigenvalue weighted by Gasteiger charge is -2.29. The molecule has 0 fully saturated rings. The van der Waals surface area contributed by atoms with E-state index in [1.165, 1.54) is 44.4 Å². The van der Waals surface area contributed by atoms with E-state index in [4.69, 9.17) is 27.9 Å². The Kier molecular flexibility index (Phi) is 6.56. The van der Waals surface area contributed by atoms with E-state index in [9.17, 15) is 17.6 Å². The van der Waals surface area contributed by atoms with Crippen molar-refractivity contribution in [3.8, 4) is 5.75 Å². The van der Waals surface area contributed by atoms with Crippen LogP contribution in [0.3, 0.4) is 0 Å². The Bertz CT molecular complexity index is 969. The number of nitrogens with zero attached hydrogens (tertiary/aromatic N) is 1. The predicted octanol–water partition coefficient (Wildman–Crippen LogP) is 3.93. The van der Waals surface area contributed by atoms with Crippen LogP contribution in [0, 0.1) is 5.82 Å². The molecule has 2 aromatic carbocycles. The maximum Gasteiger partial charge on any atom is 0.247 e. The van der Waals surface area contributed by atoms with E-state index < -0.39 is 27.8 Å². The summed E-state index contributed by atoms with van der Waals surface area (Å²) in [5.74, 6) is -1.05. The van der Waals surface area contributed by atoms with E-state index in [0.29, 0.717) is 0 Å². The van der Waals surface area contributed by atoms with Crippen molar-refractivity contribution in [1.82, 2.24) is 0 Å². The molecule has 1 atom stereocenters. The fourth-order valence-corrected chi connectivity index (χ4v) is 3.95. The summed E-state index contributed by atoms with van der Waals surface area (Å²) in [6.45, 7) is 1.40. The van der Waals surface area contributed by atoms with E-state index in [2.05, 4.69) is 5.32 Å². The fourth-order valence-electron chi connectivity index (χ4n) is 2.44. The number of halogens is 3. The summed E-state index contributed by atoms with van der Waals surface area (Å²) in [6.07, 6.45) is 0.964. The number of carbonyl (C=O) groups excluding carboxylic acids is 1. The van der Waals surface area contributed by atoms with Crippen molar-refractivity contribution in [2.75, 3.05) is 23.0 Å². The molecule has 0 bridgehead atoms. The van der Waals surface area contributed by atoms with Crippen LogP contribution in [0.15, 0.2) is 36.4 Å². The Balaban J connectivity index is 2.41. The molecule has 0 spiro atoms. The molecule has 0 saturated carbocycles. The smallest absolute Gasteiger partial charge is 0.247 e. The van der Waals surface area contributed by atoms with E-state index in [-0.39, 0.29) is 27.2 Å². The number of hydrogen-bond donors (Lipinski definition) is 1. The van der Waals surface area contributed by atoms with Crippen molar-refractivity contribution >= 4 is 50.5 Å². The first-order chi connectivity index (χ1) is 12.5. The fraction of sp³-hybridized carbons (Fsp3) is 0.235. The molecule has 1 N–H and O–H groups in total. The van der Waals surface area contributed by atoms with Crippen LogP contribution in [0.1, 0.15) is 6.92 Å². The zero-order valence-corrected chi connectivity index (χ0v) is 17.0. The molecule has 2 aromatic rings. The maximum atomic E-state index is 13.3. The molecule has 146 valence electrons. The molecule has 0 aliphatic carbocycles. The molecule has 6 nitrogen and oxygen atoms in total. The van der Waals surface area contributed by atoms with Crippen LogP contribution in [0.5, 0.6) is 5.75 Å². The van der Waals surface area contributed by atoms with Gasteiger partial charge in [-0.15, -0.1) is 0 Å². The second-order valence-electron chi connectivity index (χ2n) is 5.67. The second-order valence-corrected chi connectivity index (χ2v) is 8.37. The van der Waals surface area contributed by atoms with Gasteiger partial charge in [0.25, 0.3) is 0 Å². The van der Waals surface area contributed by atoms with Crippen molar-refractivity contribution in [3.05, 3.63) is 52.3 Å². The highest BCUT2D eigenvalue weighted by Crippen LogP contribution is 2.34. The molecule has 0 aliphatic rings. The predicted molar refractivity (Wildman–Crippen MR) is 105 cm³/mol. The second kappa shape index (κ2) is 8.33. The Morgan fingerprint density at radius 3 is 2.44 bits per heavy atom. The molecule has 10 heteroatoms. The van der Waals surface area contributed by atoms with Gasteiger partial charge < -0.3 is 10.1 Å². The summed E-state index contributed by atoms with van der Waals surface area (Å²) < 4.78 is 44.1. The third-order valence-electron chi connectivity index (χ3n) is 3.65. The largest absolute Gasteiger partial charge is 0.495 e. The van der Waals surface area contributed by atoms with Crippen LogP contribution >= 0.6 is 23.2 Å². The van der Waals surface area contributed by atoms with Gasteiger partial charge in [0, 0.05) is 10.7 Å². The van der Waals surface area contributed by atoms with Crippen molar-refractivity contribution in [2.45, 2.75) is 13.0 Å². The zero-order valence-electron chi connectivity index (χ0n) is 14.7. The monoisotopic (exact) mass is 434 g/mol. The lowest BCUT2D eigenvalue weighted by atomic mass is 10.2. The molecule has 27 heavy (non-hydrogen) atoms. The normalized spacial score (nSPS) is 12.4. The van der Waals surface area contributed by atoms with Crippen LogP contribution in [0.25, 0.3) is 0 Å². The average Bonchev–Trinajstić information content (AvgIpc) is 2.57. The van der Waals surface area contributed by atoms with Gasteiger partial charge in [0.15, 0.2) is 0 Å². The number of methoxy groups -OCH3 is 1. The molecule has 2 rings (SSSR count). The maximum absolute atomic E-state index is 13.3. The van der Waals surface area contributed by atoms with Gasteiger partial charge in [-0.2, -0.15) is 0 Å². The molecule has 0 heterocycles. The van der Waals surface area contributed by atoms with Crippen LogP contribution in [0.2, 0.25) is 10.0 Å². The van der Waals surface area contributed by atoms with Crippen LogP contribution in [-0.2, 0) is 14.8 Å². The number of carbonyl (C=O) groups is 1. The lowest BCUT2D eigenvalue weighted by molar-refractivity contribution is -0.116. The highest BCUT2D eigenvalue weighted by Gasteiger charge is 2.31. The van der Waals surface area contributed by atoms with Gasteiger partial charge in [-0.05, 0) is 43.3 Å². The quantitative estimate of drug-likeness (QED) is 0.746. The van der Waals surface area contributed by atoms with Gasteiger partial charge in [-0.3, -0.25) is 9.10 Å². The van der Waals surface area contributed by atoms with Crippen molar-refractivity contribution < 1.29 is 22.3 Å². The van der Waals surface area contributed by atoms with E-state index in [0.717, 1.165) is 16.6 Å². The van der Waals surface area contributed by atoms with Gasteiger partial charge in [0.05, 0.1) is 24.1 Å². The minimum absolute atomic E-state index is 0.118. The lowest BCUT2D eigenvalue weighted by Crippen LogP contribution is -2.45. The number of sulfonamides is 1. The molecule has 0 unspecified atom stereocenters. The first kappa shape index (κ1) is 21.3. The number of hydrogen-bond acceptors (Lipinski definition) is 4. The van der Waals surface area contributed by atoms with Gasteiger partial charge in [-0.1, -0.05) is 23.2 Å². The minimum Gasteiger partial charge on any atom is -0.495 e. The number of nitrogens with one attached hydrogen (secondary N) is 1. The third-order valence-corrected chi connectivity index (χ3v) is 5.41. The zero-order chi connectivity index (χ0) is 20.4. The van der Waals surface area contributed by atoms with E-state index in [1.54, 1.807) is 0 Å². The molecule has 0 aliphatic heterocycles. The number of ether oxygens (including phenoxy) is 1. The van der Waals surface area contributed by atoms with Crippen molar-refractivity contribution in [1.29, 1.82) is 0 Å². The van der Waals surface area contributed by atoms with Gasteiger partial charge in [0.2, 0.25) is 15.9 Å². The first-order valence-corrected chi connectivity index (χ1v) is 10.2. The number of anilines is 2. The molecule has 0 aromatic heterocycles. The Labute approximate surface area is 166 Å². The highest BCUT2D eigenvalue weighted by atomic mass is 35.5. The van der Waals surface area contributed by atoms with Crippen LogP contribution in [0.4, 0.5) is 15.8 Å². The highest BCUT2D eigenvalue weighted by molar-refractivity contribution is 7.92. The Morgan fingerprint density at radius 2 is 1.89 bits per heavy atom. The Morgan fingerprint density at radius 1 is 1.22 bits per heavy atom. The SMILES string of the molecule is COc1ccc(Cl)cc1N([C@@H](C)C(=O)Nc1ccc(F)c(Cl)c1)S(C)(=O)=O. The van der Waals surface area contributed by atoms with Gasteiger partial charge in [-0.25, -0.2) is 12.8 Å². The van der Waals surface area contributed by atoms with Crippen molar-refractivity contribution in [3.63, 3.8) is 0 Å². The number of amides is 1. The molecule has 0 saturated heterocycles. The summed E-state index contributed by atoms with van der Waals surface area (Å²) in [7, 11) is -2.50. The summed E-state index contributed by atoms with van der Waals surface area (Å²) in [4.78, 5) is 12.6. The summed E-state index contributed by atoms with van der Waals surface area (Å²) in [6, 6.07) is 6.91. The number of benzene rings is 2. The summed E-state index contributed by atoms with van der Waals surface area (Å²) in [5.41, 5.74) is 0.344. The summed E-state index contributed by atoms with van der Waals surface area (Å²) in [5, 5.41) is 2.62. The Hall–Kier alpha value is -2.03. The first-order valence-electron chi connectivity index (χ1n) is 7.63. The van der Waals surface area contributed by atoms with Crippen LogP contribution in [-0.4, -0.2) is 33.7 Å². The summed E-state index contributed by atoms with van der Waals surface area (Å²) >= 11 is 11.7.